The summed E-state index contributed by atoms with van der Waals surface area (Å²) >= 11 is 1.02. The van der Waals surface area contributed by atoms with Gasteiger partial charge in [-0.15, -0.1) is 10.2 Å². The summed E-state index contributed by atoms with van der Waals surface area (Å²) in [6.07, 6.45) is 0. The smallest absolute Gasteiger partial charge is 0.278 e. The highest BCUT2D eigenvalue weighted by Gasteiger charge is 2.15. The molecule has 0 atom stereocenters. The second-order valence-corrected chi connectivity index (χ2v) is 7.92. The average Bonchev–Trinajstić information content (AvgIpc) is 2.74. The van der Waals surface area contributed by atoms with Crippen LogP contribution in [-0.2, 0) is 9.59 Å². The van der Waals surface area contributed by atoms with E-state index in [-0.39, 0.29) is 34.2 Å². The third kappa shape index (κ3) is 5.67. The topological polar surface area (TPSA) is 134 Å². The fourth-order valence-corrected chi connectivity index (χ4v) is 3.52. The van der Waals surface area contributed by atoms with Gasteiger partial charge in [-0.2, -0.15) is 0 Å². The predicted molar refractivity (Wildman–Crippen MR) is 123 cm³/mol. The molecule has 0 saturated carbocycles. The summed E-state index contributed by atoms with van der Waals surface area (Å²) in [7, 11) is 0. The highest BCUT2D eigenvalue weighted by atomic mass is 32.2. The van der Waals surface area contributed by atoms with Crippen molar-refractivity contribution in [3.63, 3.8) is 0 Å². The van der Waals surface area contributed by atoms with E-state index in [1.165, 1.54) is 13.8 Å². The first-order valence-electron chi connectivity index (χ1n) is 9.63. The minimum atomic E-state index is -0.491. The van der Waals surface area contributed by atoms with E-state index >= 15 is 0 Å². The van der Waals surface area contributed by atoms with Gasteiger partial charge in [-0.3, -0.25) is 24.2 Å². The summed E-state index contributed by atoms with van der Waals surface area (Å²) < 4.78 is 0. The molecule has 1 aromatic heterocycles. The number of para-hydroxylation sites is 1. The SMILES string of the molecule is CC(=O)Nc1c(C)cccc1-c1nnc(SCC(=O)Nc2cccc(C(C)=O)c2)[nH]c1=O. The van der Waals surface area contributed by atoms with E-state index in [0.29, 0.717) is 22.5 Å². The molecule has 0 aliphatic rings. The van der Waals surface area contributed by atoms with Crippen molar-refractivity contribution >= 4 is 40.7 Å². The second-order valence-electron chi connectivity index (χ2n) is 6.96. The Labute approximate surface area is 188 Å². The Kier molecular flexibility index (Phi) is 7.16. The highest BCUT2D eigenvalue weighted by Crippen LogP contribution is 2.27. The zero-order chi connectivity index (χ0) is 23.3. The number of aryl methyl sites for hydroxylation is 1. The molecule has 0 spiro atoms. The molecule has 164 valence electrons. The van der Waals surface area contributed by atoms with E-state index in [4.69, 9.17) is 0 Å². The molecule has 0 saturated heterocycles. The number of hydrogen-bond acceptors (Lipinski definition) is 7. The molecule has 32 heavy (non-hydrogen) atoms. The number of amides is 2. The van der Waals surface area contributed by atoms with Crippen LogP contribution in [0.5, 0.6) is 0 Å². The molecule has 2 amide bonds. The summed E-state index contributed by atoms with van der Waals surface area (Å²) in [5.41, 5.74) is 2.30. The Morgan fingerprint density at radius 2 is 1.78 bits per heavy atom. The number of nitrogens with one attached hydrogen (secondary N) is 3. The lowest BCUT2D eigenvalue weighted by Gasteiger charge is -2.11. The Morgan fingerprint density at radius 3 is 2.47 bits per heavy atom. The standard InChI is InChI=1S/C22H21N5O4S/c1-12-6-4-9-17(19(12)23-14(3)29)20-21(31)25-22(27-26-20)32-11-18(30)24-16-8-5-7-15(10-16)13(2)28/h4-10H,11H2,1-3H3,(H,23,29)(H,24,30)(H,25,27,31). The molecule has 0 aliphatic heterocycles. The van der Waals surface area contributed by atoms with Crippen LogP contribution < -0.4 is 16.2 Å². The minimum absolute atomic E-state index is 0.0180. The number of thioether (sulfide) groups is 1. The number of aromatic amines is 1. The highest BCUT2D eigenvalue weighted by molar-refractivity contribution is 7.99. The molecule has 0 aliphatic carbocycles. The van der Waals surface area contributed by atoms with E-state index in [1.54, 1.807) is 36.4 Å². The summed E-state index contributed by atoms with van der Waals surface area (Å²) in [6, 6.07) is 11.9. The lowest BCUT2D eigenvalue weighted by Crippen LogP contribution is -2.18. The third-order valence-corrected chi connectivity index (χ3v) is 5.26. The number of carbonyl (C=O) groups excluding carboxylic acids is 3. The van der Waals surface area contributed by atoms with Gasteiger partial charge < -0.3 is 10.6 Å². The first-order valence-corrected chi connectivity index (χ1v) is 10.6. The molecular weight excluding hydrogens is 430 g/mol. The normalized spacial score (nSPS) is 10.5. The molecule has 3 aromatic rings. The number of hydrogen-bond donors (Lipinski definition) is 3. The zero-order valence-electron chi connectivity index (χ0n) is 17.7. The van der Waals surface area contributed by atoms with Gasteiger partial charge in [0.05, 0.1) is 11.4 Å². The van der Waals surface area contributed by atoms with Gasteiger partial charge in [0.2, 0.25) is 11.8 Å². The van der Waals surface area contributed by atoms with E-state index in [1.807, 2.05) is 13.0 Å². The van der Waals surface area contributed by atoms with Crippen LogP contribution in [-0.4, -0.2) is 38.5 Å². The van der Waals surface area contributed by atoms with E-state index < -0.39 is 5.56 Å². The Hall–Kier alpha value is -3.79. The number of Topliss-reactive ketones (excluding diaryl/α,β-unsaturated/α-hetero) is 1. The third-order valence-electron chi connectivity index (χ3n) is 4.40. The first-order chi connectivity index (χ1) is 15.2. The van der Waals surface area contributed by atoms with Gasteiger partial charge in [0.15, 0.2) is 16.6 Å². The maximum absolute atomic E-state index is 12.6. The van der Waals surface area contributed by atoms with Gasteiger partial charge in [0.1, 0.15) is 0 Å². The molecule has 1 heterocycles. The molecular formula is C22H21N5O4S. The van der Waals surface area contributed by atoms with Crippen LogP contribution in [0.3, 0.4) is 0 Å². The first kappa shape index (κ1) is 22.9. The number of benzene rings is 2. The van der Waals surface area contributed by atoms with Gasteiger partial charge in [0.25, 0.3) is 5.56 Å². The van der Waals surface area contributed by atoms with Crippen molar-refractivity contribution in [1.29, 1.82) is 0 Å². The van der Waals surface area contributed by atoms with Gasteiger partial charge in [-0.25, -0.2) is 0 Å². The van der Waals surface area contributed by atoms with Gasteiger partial charge in [0, 0.05) is 23.7 Å². The van der Waals surface area contributed by atoms with Gasteiger partial charge in [-0.05, 0) is 31.5 Å². The summed E-state index contributed by atoms with van der Waals surface area (Å²) in [4.78, 5) is 50.4. The van der Waals surface area contributed by atoms with Crippen molar-refractivity contribution in [3.8, 4) is 11.3 Å². The number of ketones is 1. The number of aromatic nitrogens is 3. The monoisotopic (exact) mass is 451 g/mol. The Morgan fingerprint density at radius 1 is 1.03 bits per heavy atom. The molecule has 10 heteroatoms. The molecule has 0 bridgehead atoms. The van der Waals surface area contributed by atoms with Crippen LogP contribution in [0.25, 0.3) is 11.3 Å². The fraction of sp³-hybridized carbons (Fsp3) is 0.182. The number of H-pyrrole nitrogens is 1. The maximum atomic E-state index is 12.6. The van der Waals surface area contributed by atoms with E-state index in [9.17, 15) is 19.2 Å². The van der Waals surface area contributed by atoms with E-state index in [0.717, 1.165) is 17.3 Å². The summed E-state index contributed by atoms with van der Waals surface area (Å²) in [6.45, 7) is 4.64. The van der Waals surface area contributed by atoms with Crippen molar-refractivity contribution in [3.05, 3.63) is 63.9 Å². The molecule has 0 fully saturated rings. The summed E-state index contributed by atoms with van der Waals surface area (Å²) in [5.74, 6) is -0.708. The van der Waals surface area contributed by atoms with Crippen LogP contribution in [0.2, 0.25) is 0 Å². The number of carbonyl (C=O) groups is 3. The van der Waals surface area contributed by atoms with Crippen LogP contribution in [0.1, 0.15) is 29.8 Å². The average molecular weight is 452 g/mol. The largest absolute Gasteiger partial charge is 0.325 e. The number of nitrogens with zero attached hydrogens (tertiary/aromatic N) is 2. The van der Waals surface area contributed by atoms with Crippen molar-refractivity contribution in [2.45, 2.75) is 25.9 Å². The molecule has 3 rings (SSSR count). The lowest BCUT2D eigenvalue weighted by molar-refractivity contribution is -0.114. The fourth-order valence-electron chi connectivity index (χ4n) is 2.92. The van der Waals surface area contributed by atoms with Crippen molar-refractivity contribution in [1.82, 2.24) is 15.2 Å². The van der Waals surface area contributed by atoms with Crippen LogP contribution in [0, 0.1) is 6.92 Å². The van der Waals surface area contributed by atoms with E-state index in [2.05, 4.69) is 25.8 Å². The molecule has 3 N–H and O–H groups in total. The van der Waals surface area contributed by atoms with Crippen molar-refractivity contribution < 1.29 is 14.4 Å². The quantitative estimate of drug-likeness (QED) is 0.371. The zero-order valence-corrected chi connectivity index (χ0v) is 18.5. The molecule has 9 nitrogen and oxygen atoms in total. The predicted octanol–water partition coefficient (Wildman–Crippen LogP) is 3.03. The second kappa shape index (κ2) is 10.0. The molecule has 0 radical (unpaired) electrons. The lowest BCUT2D eigenvalue weighted by atomic mass is 10.1. The van der Waals surface area contributed by atoms with Crippen LogP contribution in [0.15, 0.2) is 52.4 Å². The van der Waals surface area contributed by atoms with Gasteiger partial charge >= 0.3 is 0 Å². The molecule has 2 aromatic carbocycles. The van der Waals surface area contributed by atoms with Crippen LogP contribution >= 0.6 is 11.8 Å². The summed E-state index contributed by atoms with van der Waals surface area (Å²) in [5, 5.41) is 13.6. The molecule has 0 unspecified atom stereocenters. The maximum Gasteiger partial charge on any atom is 0.278 e. The van der Waals surface area contributed by atoms with Crippen LogP contribution in [0.4, 0.5) is 11.4 Å². The van der Waals surface area contributed by atoms with Crippen molar-refractivity contribution in [2.24, 2.45) is 0 Å². The minimum Gasteiger partial charge on any atom is -0.325 e. The van der Waals surface area contributed by atoms with Crippen molar-refractivity contribution in [2.75, 3.05) is 16.4 Å². The number of anilines is 2. The van der Waals surface area contributed by atoms with Gasteiger partial charge in [-0.1, -0.05) is 42.1 Å². The Balaban J connectivity index is 1.71. The Bertz CT molecular complexity index is 1260. The number of rotatable bonds is 7.